The van der Waals surface area contributed by atoms with E-state index in [1.165, 1.54) is 36.4 Å². The number of nitriles is 1. The highest BCUT2D eigenvalue weighted by molar-refractivity contribution is 5.70. The molecule has 0 bridgehead atoms. The molecule has 0 aliphatic heterocycles. The fourth-order valence-corrected chi connectivity index (χ4v) is 2.86. The topological polar surface area (TPSA) is 86.1 Å². The van der Waals surface area contributed by atoms with Crippen molar-refractivity contribution in [3.8, 4) is 23.1 Å². The Labute approximate surface area is 187 Å². The largest absolute Gasteiger partial charge is 0.573 e. The summed E-state index contributed by atoms with van der Waals surface area (Å²) in [6.45, 7) is 1.17. The van der Waals surface area contributed by atoms with Crippen molar-refractivity contribution >= 4 is 17.5 Å². The number of alkyl halides is 3. The van der Waals surface area contributed by atoms with Crippen molar-refractivity contribution < 1.29 is 22.3 Å². The normalized spacial score (nSPS) is 11.2. The minimum absolute atomic E-state index is 0.190. The number of halogens is 4. The van der Waals surface area contributed by atoms with Crippen LogP contribution in [-0.4, -0.2) is 48.4 Å². The van der Waals surface area contributed by atoms with Crippen molar-refractivity contribution in [2.45, 2.75) is 6.36 Å². The third kappa shape index (κ3) is 6.78. The molecule has 0 saturated heterocycles. The first kappa shape index (κ1) is 23.7. The summed E-state index contributed by atoms with van der Waals surface area (Å²) < 4.78 is 55.9. The molecule has 0 radical (unpaired) electrons. The maximum Gasteiger partial charge on any atom is 0.573 e. The zero-order valence-electron chi connectivity index (χ0n) is 17.7. The first-order valence-corrected chi connectivity index (χ1v) is 9.74. The molecule has 0 saturated carbocycles. The highest BCUT2D eigenvalue weighted by Gasteiger charge is 2.31. The highest BCUT2D eigenvalue weighted by atomic mass is 19.4. The molecule has 11 heteroatoms. The second-order valence-corrected chi connectivity index (χ2v) is 7.17. The van der Waals surface area contributed by atoms with Gasteiger partial charge in [0.15, 0.2) is 0 Å². The van der Waals surface area contributed by atoms with Gasteiger partial charge in [0, 0.05) is 24.7 Å². The molecule has 7 nitrogen and oxygen atoms in total. The van der Waals surface area contributed by atoms with E-state index in [0.29, 0.717) is 24.3 Å². The number of nitrogens with one attached hydrogen (secondary N) is 2. The Hall–Kier alpha value is -3.91. The number of rotatable bonds is 8. The summed E-state index contributed by atoms with van der Waals surface area (Å²) in [5.74, 6) is -0.671. The fraction of sp³-hybridized carbons (Fsp3) is 0.227. The average molecular weight is 460 g/mol. The van der Waals surface area contributed by atoms with E-state index >= 15 is 0 Å². The van der Waals surface area contributed by atoms with Gasteiger partial charge in [0.25, 0.3) is 0 Å². The van der Waals surface area contributed by atoms with Gasteiger partial charge in [-0.25, -0.2) is 9.37 Å². The number of hydrogen-bond acceptors (Lipinski definition) is 7. The van der Waals surface area contributed by atoms with E-state index in [0.717, 1.165) is 6.07 Å². The van der Waals surface area contributed by atoms with Gasteiger partial charge in [-0.3, -0.25) is 0 Å². The molecular formula is C22H20F4N6O. The predicted molar refractivity (Wildman–Crippen MR) is 116 cm³/mol. The van der Waals surface area contributed by atoms with Crippen LogP contribution in [0.15, 0.2) is 48.5 Å². The maximum atomic E-state index is 14.0. The molecule has 0 fully saturated rings. The Morgan fingerprint density at radius 1 is 1.09 bits per heavy atom. The van der Waals surface area contributed by atoms with Crippen molar-refractivity contribution in [3.05, 3.63) is 59.9 Å². The number of ether oxygens (including phenoxy) is 1. The zero-order valence-corrected chi connectivity index (χ0v) is 17.7. The molecule has 1 heterocycles. The summed E-state index contributed by atoms with van der Waals surface area (Å²) >= 11 is 0. The smallest absolute Gasteiger partial charge is 0.406 e. The minimum Gasteiger partial charge on any atom is -0.406 e. The molecule has 3 aromatic rings. The van der Waals surface area contributed by atoms with Gasteiger partial charge in [-0.05, 0) is 38.4 Å². The lowest BCUT2D eigenvalue weighted by atomic mass is 10.1. The van der Waals surface area contributed by atoms with Crippen molar-refractivity contribution in [2.75, 3.05) is 37.8 Å². The Bertz CT molecular complexity index is 1160. The summed E-state index contributed by atoms with van der Waals surface area (Å²) in [5, 5.41) is 15.2. The molecule has 2 aromatic carbocycles. The van der Waals surface area contributed by atoms with Gasteiger partial charge in [0.2, 0.25) is 5.95 Å². The summed E-state index contributed by atoms with van der Waals surface area (Å²) in [6, 6.07) is 12.8. The summed E-state index contributed by atoms with van der Waals surface area (Å²) in [5.41, 5.74) is 0.635. The summed E-state index contributed by atoms with van der Waals surface area (Å²) in [4.78, 5) is 10.7. The predicted octanol–water partition coefficient (Wildman–Crippen LogP) is 4.77. The lowest BCUT2D eigenvalue weighted by molar-refractivity contribution is -0.274. The van der Waals surface area contributed by atoms with Gasteiger partial charge < -0.3 is 20.3 Å². The Morgan fingerprint density at radius 3 is 2.55 bits per heavy atom. The fourth-order valence-electron chi connectivity index (χ4n) is 2.86. The average Bonchev–Trinajstić information content (AvgIpc) is 2.72. The number of anilines is 3. The van der Waals surface area contributed by atoms with E-state index in [1.54, 1.807) is 12.1 Å². The number of hydrogen-bond donors (Lipinski definition) is 2. The SMILES string of the molecule is CN(C)CCNc1nc(Nc2cccc(F)c2C#N)cc(-c2cccc(OC(F)(F)F)c2)n1. The molecule has 172 valence electrons. The van der Waals surface area contributed by atoms with E-state index in [-0.39, 0.29) is 23.0 Å². The molecule has 0 unspecified atom stereocenters. The number of aromatic nitrogens is 2. The van der Waals surface area contributed by atoms with Gasteiger partial charge in [0.1, 0.15) is 29.0 Å². The van der Waals surface area contributed by atoms with E-state index in [9.17, 15) is 22.8 Å². The van der Waals surface area contributed by atoms with Crippen LogP contribution in [0.2, 0.25) is 0 Å². The molecular weight excluding hydrogens is 440 g/mol. The third-order valence-electron chi connectivity index (χ3n) is 4.32. The number of likely N-dealkylation sites (N-methyl/N-ethyl adjacent to an activating group) is 1. The molecule has 0 aliphatic carbocycles. The molecule has 0 atom stereocenters. The maximum absolute atomic E-state index is 14.0. The first-order valence-electron chi connectivity index (χ1n) is 9.74. The van der Waals surface area contributed by atoms with Crippen molar-refractivity contribution in [3.63, 3.8) is 0 Å². The number of nitrogens with zero attached hydrogens (tertiary/aromatic N) is 4. The molecule has 33 heavy (non-hydrogen) atoms. The van der Waals surface area contributed by atoms with Crippen LogP contribution in [0.5, 0.6) is 5.75 Å². The van der Waals surface area contributed by atoms with Crippen molar-refractivity contribution in [1.29, 1.82) is 5.26 Å². The van der Waals surface area contributed by atoms with Gasteiger partial charge in [0.05, 0.1) is 11.4 Å². The van der Waals surface area contributed by atoms with E-state index in [1.807, 2.05) is 19.0 Å². The van der Waals surface area contributed by atoms with Crippen LogP contribution in [-0.2, 0) is 0 Å². The van der Waals surface area contributed by atoms with Crippen LogP contribution in [0.25, 0.3) is 11.3 Å². The van der Waals surface area contributed by atoms with Crippen molar-refractivity contribution in [2.24, 2.45) is 0 Å². The molecule has 2 N–H and O–H groups in total. The lowest BCUT2D eigenvalue weighted by Crippen LogP contribution is -2.21. The quantitative estimate of drug-likeness (QED) is 0.469. The molecule has 0 amide bonds. The van der Waals surface area contributed by atoms with Gasteiger partial charge in [-0.1, -0.05) is 18.2 Å². The van der Waals surface area contributed by atoms with Gasteiger partial charge >= 0.3 is 6.36 Å². The van der Waals surface area contributed by atoms with Crippen molar-refractivity contribution in [1.82, 2.24) is 14.9 Å². The Morgan fingerprint density at radius 2 is 1.85 bits per heavy atom. The standard InChI is InChI=1S/C22H20F4N6O/c1-32(2)10-9-28-21-30-19(14-5-3-6-15(11-14)33-22(24,25)26)12-20(31-21)29-18-8-4-7-17(23)16(18)13-27/h3-8,11-12H,9-10H2,1-2H3,(H2,28,29,30,31). The van der Waals surface area contributed by atoms with Gasteiger partial charge in [-0.2, -0.15) is 10.2 Å². The van der Waals surface area contributed by atoms with E-state index < -0.39 is 17.9 Å². The van der Waals surface area contributed by atoms with Crippen LogP contribution < -0.4 is 15.4 Å². The highest BCUT2D eigenvalue weighted by Crippen LogP contribution is 2.30. The van der Waals surface area contributed by atoms with Crippen LogP contribution in [0, 0.1) is 17.1 Å². The lowest BCUT2D eigenvalue weighted by Gasteiger charge is -2.14. The van der Waals surface area contributed by atoms with Crippen LogP contribution in [0.3, 0.4) is 0 Å². The monoisotopic (exact) mass is 460 g/mol. The molecule has 1 aromatic heterocycles. The van der Waals surface area contributed by atoms with Gasteiger partial charge in [-0.15, -0.1) is 13.2 Å². The summed E-state index contributed by atoms with van der Waals surface area (Å²) in [6.07, 6.45) is -4.83. The van der Waals surface area contributed by atoms with Crippen LogP contribution in [0.4, 0.5) is 35.0 Å². The molecule has 0 aliphatic rings. The van der Waals surface area contributed by atoms with E-state index in [2.05, 4.69) is 25.3 Å². The Kier molecular flexibility index (Phi) is 7.30. The number of benzene rings is 2. The molecule has 0 spiro atoms. The minimum atomic E-state index is -4.83. The van der Waals surface area contributed by atoms with Crippen LogP contribution in [0.1, 0.15) is 5.56 Å². The van der Waals surface area contributed by atoms with Crippen LogP contribution >= 0.6 is 0 Å². The molecule has 3 rings (SSSR count). The third-order valence-corrected chi connectivity index (χ3v) is 4.32. The second kappa shape index (κ2) is 10.1. The Balaban J connectivity index is 1.99. The van der Waals surface area contributed by atoms with E-state index in [4.69, 9.17) is 0 Å². The first-order chi connectivity index (χ1) is 15.6. The summed E-state index contributed by atoms with van der Waals surface area (Å²) in [7, 11) is 3.79. The second-order valence-electron chi connectivity index (χ2n) is 7.17. The zero-order chi connectivity index (χ0) is 24.0.